The summed E-state index contributed by atoms with van der Waals surface area (Å²) in [6.45, 7) is 0. The van der Waals surface area contributed by atoms with Crippen molar-refractivity contribution in [2.24, 2.45) is 0 Å². The fraction of sp³-hybridized carbons (Fsp3) is 0. The molecule has 6 heteroatoms. The van der Waals surface area contributed by atoms with Crippen LogP contribution in [0.15, 0.2) is 60.7 Å². The van der Waals surface area contributed by atoms with Crippen LogP contribution in [-0.4, -0.2) is 19.9 Å². The van der Waals surface area contributed by atoms with Gasteiger partial charge in [0.25, 0.3) is 0 Å². The Morgan fingerprint density at radius 2 is 1.25 bits per heavy atom. The quantitative estimate of drug-likeness (QED) is 0.287. The zero-order valence-corrected chi connectivity index (χ0v) is 17.5. The monoisotopic (exact) mass is 438 g/mol. The number of nitrogens with zero attached hydrogens (tertiary/aromatic N) is 2. The molecule has 0 saturated carbocycles. The minimum absolute atomic E-state index is 0.226. The third kappa shape index (κ3) is 3.15. The fourth-order valence-corrected chi connectivity index (χ4v) is 4.19. The summed E-state index contributed by atoms with van der Waals surface area (Å²) in [5.74, 6) is -0.435. The lowest BCUT2D eigenvalue weighted by Gasteiger charge is -2.03. The highest BCUT2D eigenvalue weighted by Crippen LogP contribution is 2.32. The second-order valence-electron chi connectivity index (χ2n) is 7.60. The lowest BCUT2D eigenvalue weighted by atomic mass is 10.0. The van der Waals surface area contributed by atoms with Gasteiger partial charge in [-0.25, -0.2) is 14.4 Å². The summed E-state index contributed by atoms with van der Waals surface area (Å²) in [5, 5.41) is 0.377. The van der Waals surface area contributed by atoms with Crippen LogP contribution in [-0.2, 0) is 0 Å². The lowest BCUT2D eigenvalue weighted by molar-refractivity contribution is 0.629. The van der Waals surface area contributed by atoms with Gasteiger partial charge in [0, 0.05) is 22.1 Å². The molecule has 0 atom stereocenters. The number of fused-ring (bicyclic) bond motifs is 8. The summed E-state index contributed by atoms with van der Waals surface area (Å²) >= 11 is 6.63. The molecule has 6 rings (SSSR count). The third-order valence-electron chi connectivity index (χ3n) is 5.51. The van der Waals surface area contributed by atoms with E-state index in [4.69, 9.17) is 16.6 Å². The number of hydrogen-bond donors (Lipinski definition) is 2. The van der Waals surface area contributed by atoms with Crippen molar-refractivity contribution in [3.8, 4) is 11.1 Å². The zero-order valence-electron chi connectivity index (χ0n) is 16.7. The maximum absolute atomic E-state index is 15.0. The topological polar surface area (TPSA) is 57.4 Å². The number of aromatic amines is 2. The van der Waals surface area contributed by atoms with Crippen LogP contribution < -0.4 is 0 Å². The molecule has 2 aliphatic heterocycles. The van der Waals surface area contributed by atoms with Gasteiger partial charge in [0.2, 0.25) is 0 Å². The van der Waals surface area contributed by atoms with Gasteiger partial charge in [-0.15, -0.1) is 0 Å². The van der Waals surface area contributed by atoms with Crippen LogP contribution in [0.4, 0.5) is 4.39 Å². The van der Waals surface area contributed by atoms with Crippen molar-refractivity contribution in [1.82, 2.24) is 19.9 Å². The van der Waals surface area contributed by atoms with Crippen molar-refractivity contribution in [2.45, 2.75) is 0 Å². The first-order valence-corrected chi connectivity index (χ1v) is 10.5. The molecule has 4 aromatic rings. The van der Waals surface area contributed by atoms with Crippen LogP contribution in [0.5, 0.6) is 0 Å². The van der Waals surface area contributed by atoms with Gasteiger partial charge in [-0.05, 0) is 60.2 Å². The molecule has 0 radical (unpaired) electrons. The summed E-state index contributed by atoms with van der Waals surface area (Å²) in [7, 11) is 0. The van der Waals surface area contributed by atoms with E-state index in [-0.39, 0.29) is 5.69 Å². The van der Waals surface area contributed by atoms with E-state index < -0.39 is 5.82 Å². The van der Waals surface area contributed by atoms with Gasteiger partial charge in [0.15, 0.2) is 5.82 Å². The predicted octanol–water partition coefficient (Wildman–Crippen LogP) is 7.12. The average molecular weight is 439 g/mol. The van der Waals surface area contributed by atoms with Crippen molar-refractivity contribution in [2.75, 3.05) is 0 Å². The molecule has 32 heavy (non-hydrogen) atoms. The molecule has 0 saturated heterocycles. The summed E-state index contributed by atoms with van der Waals surface area (Å²) in [4.78, 5) is 15.8. The molecule has 2 aliphatic rings. The fourth-order valence-electron chi connectivity index (χ4n) is 3.98. The Bertz CT molecular complexity index is 1590. The predicted molar refractivity (Wildman–Crippen MR) is 129 cm³/mol. The molecule has 0 amide bonds. The Balaban J connectivity index is 1.77. The molecular weight excluding hydrogens is 423 g/mol. The number of hydrogen-bond acceptors (Lipinski definition) is 2. The summed E-state index contributed by atoms with van der Waals surface area (Å²) in [6.07, 6.45) is 7.13. The van der Waals surface area contributed by atoms with Gasteiger partial charge >= 0.3 is 0 Å². The van der Waals surface area contributed by atoms with Crippen molar-refractivity contribution in [3.63, 3.8) is 0 Å². The first kappa shape index (κ1) is 18.8. The Kier molecular flexibility index (Phi) is 4.30. The Morgan fingerprint density at radius 3 is 2.00 bits per heavy atom. The lowest BCUT2D eigenvalue weighted by Crippen LogP contribution is -1.87. The minimum atomic E-state index is -0.435. The molecule has 0 unspecified atom stereocenters. The molecule has 0 fully saturated rings. The van der Waals surface area contributed by atoms with Gasteiger partial charge in [-0.1, -0.05) is 41.9 Å². The van der Waals surface area contributed by atoms with E-state index in [1.165, 1.54) is 0 Å². The number of halogens is 2. The second kappa shape index (κ2) is 7.32. The van der Waals surface area contributed by atoms with Gasteiger partial charge in [-0.2, -0.15) is 0 Å². The van der Waals surface area contributed by atoms with E-state index in [1.807, 2.05) is 54.6 Å². The smallest absolute Gasteiger partial charge is 0.172 e. The van der Waals surface area contributed by atoms with E-state index in [0.29, 0.717) is 21.9 Å². The standard InChI is InChI=1S/C26H16ClFN4/c27-25-20-11-10-19(31-20)24(15-4-2-1-3-5-15)18-8-6-16(29-18)14-17-7-9-22(30-17)26(28)23-13-12-21(25)32-23/h1-14,29-30H. The molecule has 4 nitrogen and oxygen atoms in total. The van der Waals surface area contributed by atoms with Crippen LogP contribution in [0.1, 0.15) is 22.8 Å². The van der Waals surface area contributed by atoms with Crippen LogP contribution >= 0.6 is 11.6 Å². The molecule has 0 spiro atoms. The zero-order chi connectivity index (χ0) is 21.7. The number of rotatable bonds is 1. The van der Waals surface area contributed by atoms with Crippen LogP contribution in [0, 0.1) is 5.82 Å². The molecule has 5 heterocycles. The normalized spacial score (nSPS) is 12.4. The highest BCUT2D eigenvalue weighted by Gasteiger charge is 2.15. The summed E-state index contributed by atoms with van der Waals surface area (Å²) in [5.41, 5.74) is 7.05. The van der Waals surface area contributed by atoms with E-state index >= 15 is 4.39 Å². The average Bonchev–Trinajstić information content (AvgIpc) is 3.61. The summed E-state index contributed by atoms with van der Waals surface area (Å²) in [6, 6.07) is 19.6. The molecule has 154 valence electrons. The van der Waals surface area contributed by atoms with E-state index in [0.717, 1.165) is 33.4 Å². The number of H-pyrrole nitrogens is 2. The molecule has 0 aliphatic carbocycles. The highest BCUT2D eigenvalue weighted by molar-refractivity contribution is 6.33. The van der Waals surface area contributed by atoms with Gasteiger partial charge in [0.05, 0.1) is 27.6 Å². The van der Waals surface area contributed by atoms with E-state index in [9.17, 15) is 0 Å². The maximum Gasteiger partial charge on any atom is 0.172 e. The molecule has 3 aromatic heterocycles. The van der Waals surface area contributed by atoms with Crippen LogP contribution in [0.3, 0.4) is 0 Å². The number of benzene rings is 1. The number of aromatic nitrogens is 4. The van der Waals surface area contributed by atoms with Crippen molar-refractivity contribution in [3.05, 3.63) is 94.3 Å². The molecule has 1 aromatic carbocycles. The second-order valence-corrected chi connectivity index (χ2v) is 7.98. The Hall–Kier alpha value is -3.96. The first-order valence-electron chi connectivity index (χ1n) is 10.2. The SMILES string of the molecule is Fc1c2nc(c(Cl)c3nc(c(-c4ccccc4)c4ccc(cc5ccc1[nH]5)[nH]4)C=C3)C=C2. The van der Waals surface area contributed by atoms with Crippen molar-refractivity contribution < 1.29 is 4.39 Å². The van der Waals surface area contributed by atoms with Crippen molar-refractivity contribution >= 4 is 58.0 Å². The molecular formula is C26H16ClFN4. The van der Waals surface area contributed by atoms with Gasteiger partial charge in [0.1, 0.15) is 5.69 Å². The Labute approximate surface area is 187 Å². The molecule has 8 bridgehead atoms. The van der Waals surface area contributed by atoms with Crippen molar-refractivity contribution in [1.29, 1.82) is 0 Å². The van der Waals surface area contributed by atoms with Gasteiger partial charge < -0.3 is 9.97 Å². The molecule has 2 N–H and O–H groups in total. The Morgan fingerprint density at radius 1 is 0.656 bits per heavy atom. The van der Waals surface area contributed by atoms with E-state index in [1.54, 1.807) is 18.2 Å². The summed E-state index contributed by atoms with van der Waals surface area (Å²) < 4.78 is 15.0. The number of nitrogens with one attached hydrogen (secondary N) is 2. The maximum atomic E-state index is 15.0. The van der Waals surface area contributed by atoms with Crippen LogP contribution in [0.25, 0.3) is 57.5 Å². The highest BCUT2D eigenvalue weighted by atomic mass is 35.5. The third-order valence-corrected chi connectivity index (χ3v) is 5.89. The van der Waals surface area contributed by atoms with E-state index in [2.05, 4.69) is 27.1 Å². The first-order chi connectivity index (χ1) is 15.7. The largest absolute Gasteiger partial charge is 0.355 e. The minimum Gasteiger partial charge on any atom is -0.355 e. The van der Waals surface area contributed by atoms with Gasteiger partial charge in [-0.3, -0.25) is 0 Å². The van der Waals surface area contributed by atoms with Crippen LogP contribution in [0.2, 0.25) is 5.02 Å².